The van der Waals surface area contributed by atoms with E-state index in [1.807, 2.05) is 12.3 Å². The van der Waals surface area contributed by atoms with Crippen molar-refractivity contribution in [2.45, 2.75) is 52.4 Å². The summed E-state index contributed by atoms with van der Waals surface area (Å²) >= 11 is 0. The molecule has 2 heterocycles. The predicted molar refractivity (Wildman–Crippen MR) is 155 cm³/mol. The van der Waals surface area contributed by atoms with Gasteiger partial charge in [0.25, 0.3) is 0 Å². The molecule has 36 heavy (non-hydrogen) atoms. The Balaban J connectivity index is 1.57. The molecule has 4 aromatic rings. The molecule has 2 aromatic carbocycles. The number of methoxy groups -OCH3 is 1. The van der Waals surface area contributed by atoms with Crippen LogP contribution in [-0.2, 0) is 11.8 Å². The molecule has 184 valence electrons. The van der Waals surface area contributed by atoms with Gasteiger partial charge in [-0.1, -0.05) is 0 Å². The summed E-state index contributed by atoms with van der Waals surface area (Å²) in [7, 11) is 6.16. The molecule has 0 aliphatic carbocycles. The average Bonchev–Trinajstić information content (AvgIpc) is 2.91. The number of pyridine rings is 2. The minimum atomic E-state index is -0.262. The Bertz CT molecular complexity index is 1350. The first-order chi connectivity index (χ1) is 17.3. The van der Waals surface area contributed by atoms with Gasteiger partial charge in [-0.15, -0.1) is 0 Å². The quantitative estimate of drug-likeness (QED) is 0.258. The molecule has 0 aliphatic rings. The van der Waals surface area contributed by atoms with E-state index in [0.717, 1.165) is 51.2 Å². The molecule has 0 amide bonds. The van der Waals surface area contributed by atoms with Crippen molar-refractivity contribution >= 4 is 29.7 Å². The number of ether oxygens (including phenoxy) is 1. The van der Waals surface area contributed by atoms with E-state index in [2.05, 4.69) is 100 Å². The molecule has 4 nitrogen and oxygen atoms in total. The number of fused-ring (bicyclic) bond motifs is 1. The Kier molecular flexibility index (Phi) is 7.88. The Morgan fingerprint density at radius 1 is 1.00 bits per heavy atom. The zero-order valence-electron chi connectivity index (χ0n) is 22.1. The summed E-state index contributed by atoms with van der Waals surface area (Å²) in [6.07, 6.45) is 6.96. The van der Waals surface area contributed by atoms with Crippen LogP contribution in [0.5, 0.6) is 5.75 Å². The molecule has 5 heteroatoms. The fourth-order valence-corrected chi connectivity index (χ4v) is 4.60. The number of aryl methyl sites for hydroxylation is 1. The molecule has 0 aliphatic heterocycles. The zero-order valence-corrected chi connectivity index (χ0v) is 22.1. The molecule has 0 radical (unpaired) electrons. The first-order valence-electron chi connectivity index (χ1n) is 12.8. The van der Waals surface area contributed by atoms with E-state index >= 15 is 0 Å². The van der Waals surface area contributed by atoms with Crippen LogP contribution in [0, 0.1) is 5.92 Å². The Morgan fingerprint density at radius 2 is 1.78 bits per heavy atom. The van der Waals surface area contributed by atoms with Crippen LogP contribution in [-0.4, -0.2) is 30.2 Å². The molecular weight excluding hydrogens is 441 g/mol. The van der Waals surface area contributed by atoms with E-state index < -0.39 is 0 Å². The van der Waals surface area contributed by atoms with E-state index in [0.29, 0.717) is 5.92 Å². The Hall–Kier alpha value is -3.47. The van der Waals surface area contributed by atoms with Gasteiger partial charge in [0, 0.05) is 0 Å². The van der Waals surface area contributed by atoms with Gasteiger partial charge in [0.2, 0.25) is 0 Å². The molecule has 0 fully saturated rings. The normalized spacial score (nSPS) is 12.9. The maximum atomic E-state index is 5.34. The summed E-state index contributed by atoms with van der Waals surface area (Å²) in [6.45, 7) is 8.96. The molecule has 0 spiro atoms. The predicted octanol–water partition coefficient (Wildman–Crippen LogP) is 6.70. The number of unbranched alkanes of at least 4 members (excludes halogenated alkanes) is 1. The third-order valence-electron chi connectivity index (χ3n) is 7.38. The molecular formula is C31H36BN3O. The second kappa shape index (κ2) is 11.1. The number of benzene rings is 2. The number of hydrogen-bond donors (Lipinski definition) is 1. The van der Waals surface area contributed by atoms with Crippen LogP contribution >= 0.6 is 0 Å². The summed E-state index contributed by atoms with van der Waals surface area (Å²) in [5.74, 6) is 1.09. The van der Waals surface area contributed by atoms with Crippen molar-refractivity contribution in [3.05, 3.63) is 84.3 Å². The van der Waals surface area contributed by atoms with Crippen molar-refractivity contribution in [3.63, 3.8) is 0 Å². The number of hydrogen-bond acceptors (Lipinski definition) is 4. The van der Waals surface area contributed by atoms with Gasteiger partial charge in [-0.05, 0) is 0 Å². The van der Waals surface area contributed by atoms with Crippen LogP contribution in [0.15, 0.2) is 73.1 Å². The second-order valence-electron chi connectivity index (χ2n) is 9.97. The fourth-order valence-electron chi connectivity index (χ4n) is 4.60. The zero-order chi connectivity index (χ0) is 25.7. The van der Waals surface area contributed by atoms with Crippen LogP contribution in [0.1, 0.15) is 51.8 Å². The SMILES string of the molecule is B=C(Nc1ccc2nc(CCCC)ccc2c1)C(C)(c1ccc(-c2cncc(OC)c2)cc1)C(C)C. The van der Waals surface area contributed by atoms with E-state index in [1.165, 1.54) is 18.4 Å². The molecule has 1 N–H and O–H groups in total. The van der Waals surface area contributed by atoms with Crippen LogP contribution in [0.3, 0.4) is 0 Å². The Morgan fingerprint density at radius 3 is 2.47 bits per heavy atom. The summed E-state index contributed by atoms with van der Waals surface area (Å²) in [5.41, 5.74) is 7.30. The number of nitrogens with one attached hydrogen (secondary N) is 1. The van der Waals surface area contributed by atoms with E-state index in [1.54, 1.807) is 13.3 Å². The third-order valence-corrected chi connectivity index (χ3v) is 7.38. The Labute approximate surface area is 216 Å². The molecule has 0 bridgehead atoms. The van der Waals surface area contributed by atoms with Gasteiger partial charge in [-0.25, -0.2) is 0 Å². The van der Waals surface area contributed by atoms with Crippen LogP contribution < -0.4 is 10.1 Å². The summed E-state index contributed by atoms with van der Waals surface area (Å²) in [4.78, 5) is 9.13. The van der Waals surface area contributed by atoms with E-state index in [4.69, 9.17) is 9.72 Å². The van der Waals surface area contributed by atoms with Gasteiger partial charge < -0.3 is 0 Å². The summed E-state index contributed by atoms with van der Waals surface area (Å²) < 4.78 is 5.34. The van der Waals surface area contributed by atoms with Crippen molar-refractivity contribution < 1.29 is 4.74 Å². The number of nitrogens with zero attached hydrogens (tertiary/aromatic N) is 2. The van der Waals surface area contributed by atoms with Crippen molar-refractivity contribution in [3.8, 4) is 16.9 Å². The molecule has 1 unspecified atom stereocenters. The van der Waals surface area contributed by atoms with Gasteiger partial charge >= 0.3 is 216 Å². The van der Waals surface area contributed by atoms with Crippen molar-refractivity contribution in [1.29, 1.82) is 0 Å². The van der Waals surface area contributed by atoms with Gasteiger partial charge in [0.15, 0.2) is 0 Å². The number of rotatable bonds is 10. The van der Waals surface area contributed by atoms with Crippen LogP contribution in [0.25, 0.3) is 22.0 Å². The summed E-state index contributed by atoms with van der Waals surface area (Å²) in [6, 6.07) is 21.4. The van der Waals surface area contributed by atoms with Crippen LogP contribution in [0.4, 0.5) is 5.69 Å². The second-order valence-corrected chi connectivity index (χ2v) is 9.97. The first-order valence-corrected chi connectivity index (χ1v) is 12.8. The number of anilines is 1. The molecule has 0 saturated heterocycles. The van der Waals surface area contributed by atoms with Gasteiger partial charge in [-0.3, -0.25) is 0 Å². The van der Waals surface area contributed by atoms with Crippen molar-refractivity contribution in [2.24, 2.45) is 5.92 Å². The maximum absolute atomic E-state index is 5.34. The van der Waals surface area contributed by atoms with Gasteiger partial charge in [0.1, 0.15) is 0 Å². The summed E-state index contributed by atoms with van der Waals surface area (Å²) in [5, 5.41) is 4.75. The van der Waals surface area contributed by atoms with E-state index in [-0.39, 0.29) is 5.41 Å². The van der Waals surface area contributed by atoms with Crippen molar-refractivity contribution in [2.75, 3.05) is 12.4 Å². The van der Waals surface area contributed by atoms with E-state index in [9.17, 15) is 0 Å². The molecule has 4 rings (SSSR count). The third kappa shape index (κ3) is 5.35. The molecule has 2 aromatic heterocycles. The monoisotopic (exact) mass is 477 g/mol. The van der Waals surface area contributed by atoms with Crippen LogP contribution in [0.2, 0.25) is 0 Å². The van der Waals surface area contributed by atoms with Gasteiger partial charge in [0.05, 0.1) is 0 Å². The van der Waals surface area contributed by atoms with Gasteiger partial charge in [-0.2, -0.15) is 0 Å². The minimum absolute atomic E-state index is 0.262. The van der Waals surface area contributed by atoms with Crippen molar-refractivity contribution in [1.82, 2.24) is 9.97 Å². The molecule has 0 saturated carbocycles. The first kappa shape index (κ1) is 25.6. The number of aromatic nitrogens is 2. The molecule has 1 atom stereocenters. The standard InChI is InChI=1S/C31H36BN3O/c1-6-7-8-26-14-11-23-17-27(15-16-29(23)34-26)35-30(32)31(4,21(2)3)25-12-9-22(10-13-25)24-18-28(36-5)20-33-19-24/h9-21,32,35H,6-8H2,1-5H3. The fraction of sp³-hybridized carbons (Fsp3) is 0.323. The topological polar surface area (TPSA) is 47.0 Å². The average molecular weight is 477 g/mol.